The number of halogens is 1. The SMILES string of the molecule is O=C1NC2(CCNCC2)CN1Cc1ccc(Cl)cc1. The van der Waals surface area contributed by atoms with Crippen molar-refractivity contribution < 1.29 is 4.79 Å². The average Bonchev–Trinajstić information content (AvgIpc) is 2.69. The van der Waals surface area contributed by atoms with Gasteiger partial charge in [-0.3, -0.25) is 0 Å². The molecule has 5 heteroatoms. The summed E-state index contributed by atoms with van der Waals surface area (Å²) in [6, 6.07) is 7.74. The van der Waals surface area contributed by atoms with Crippen LogP contribution in [0.1, 0.15) is 18.4 Å². The van der Waals surface area contributed by atoms with E-state index >= 15 is 0 Å². The van der Waals surface area contributed by atoms with Gasteiger partial charge in [0.15, 0.2) is 0 Å². The van der Waals surface area contributed by atoms with Gasteiger partial charge < -0.3 is 15.5 Å². The Morgan fingerprint density at radius 1 is 1.21 bits per heavy atom. The number of urea groups is 1. The predicted molar refractivity (Wildman–Crippen MR) is 75.2 cm³/mol. The number of carbonyl (C=O) groups excluding carboxylic acids is 1. The molecule has 2 N–H and O–H groups in total. The molecule has 0 aromatic heterocycles. The summed E-state index contributed by atoms with van der Waals surface area (Å²) in [5, 5.41) is 7.24. The lowest BCUT2D eigenvalue weighted by molar-refractivity contribution is 0.215. The lowest BCUT2D eigenvalue weighted by Crippen LogP contribution is -2.51. The highest BCUT2D eigenvalue weighted by molar-refractivity contribution is 6.30. The maximum Gasteiger partial charge on any atom is 0.318 e. The minimum absolute atomic E-state index is 0.0191. The Bertz CT molecular complexity index is 468. The van der Waals surface area contributed by atoms with Crippen molar-refractivity contribution in [2.24, 2.45) is 0 Å². The van der Waals surface area contributed by atoms with Gasteiger partial charge in [0, 0.05) is 18.1 Å². The van der Waals surface area contributed by atoms with E-state index < -0.39 is 0 Å². The zero-order chi connectivity index (χ0) is 13.3. The Hall–Kier alpha value is -1.26. The summed E-state index contributed by atoms with van der Waals surface area (Å²) < 4.78 is 0. The van der Waals surface area contributed by atoms with Gasteiger partial charge in [-0.15, -0.1) is 0 Å². The maximum absolute atomic E-state index is 12.1. The number of amides is 2. The monoisotopic (exact) mass is 279 g/mol. The molecule has 1 spiro atoms. The number of hydrogen-bond donors (Lipinski definition) is 2. The summed E-state index contributed by atoms with van der Waals surface area (Å²) in [6.45, 7) is 3.42. The van der Waals surface area contributed by atoms with Gasteiger partial charge in [-0.1, -0.05) is 23.7 Å². The van der Waals surface area contributed by atoms with Crippen LogP contribution in [0.3, 0.4) is 0 Å². The van der Waals surface area contributed by atoms with Crippen LogP contribution in [0.25, 0.3) is 0 Å². The summed E-state index contributed by atoms with van der Waals surface area (Å²) in [4.78, 5) is 14.0. The van der Waals surface area contributed by atoms with Gasteiger partial charge >= 0.3 is 6.03 Å². The quantitative estimate of drug-likeness (QED) is 0.870. The van der Waals surface area contributed by atoms with Crippen LogP contribution in [0.4, 0.5) is 4.79 Å². The van der Waals surface area contributed by atoms with Crippen molar-refractivity contribution in [1.29, 1.82) is 0 Å². The van der Waals surface area contributed by atoms with Crippen LogP contribution in [-0.2, 0) is 6.54 Å². The van der Waals surface area contributed by atoms with Crippen molar-refractivity contribution >= 4 is 17.6 Å². The molecule has 0 atom stereocenters. The summed E-state index contributed by atoms with van der Waals surface area (Å²) in [6.07, 6.45) is 2.02. The third-order valence-electron chi connectivity index (χ3n) is 4.00. The van der Waals surface area contributed by atoms with Gasteiger partial charge in [-0.25, -0.2) is 4.79 Å². The second-order valence-corrected chi connectivity index (χ2v) is 5.88. The maximum atomic E-state index is 12.1. The van der Waals surface area contributed by atoms with Crippen molar-refractivity contribution in [3.63, 3.8) is 0 Å². The summed E-state index contributed by atoms with van der Waals surface area (Å²) in [5.74, 6) is 0. The van der Waals surface area contributed by atoms with Crippen LogP contribution in [0.15, 0.2) is 24.3 Å². The summed E-state index contributed by atoms with van der Waals surface area (Å²) >= 11 is 5.87. The molecule has 0 bridgehead atoms. The molecular formula is C14H18ClN3O. The Kier molecular flexibility index (Phi) is 3.37. The molecule has 4 nitrogen and oxygen atoms in total. The number of hydrogen-bond acceptors (Lipinski definition) is 2. The van der Waals surface area contributed by atoms with E-state index in [1.54, 1.807) is 0 Å². The van der Waals surface area contributed by atoms with E-state index in [4.69, 9.17) is 11.6 Å². The van der Waals surface area contributed by atoms with Crippen molar-refractivity contribution in [2.75, 3.05) is 19.6 Å². The van der Waals surface area contributed by atoms with Crippen LogP contribution in [0, 0.1) is 0 Å². The van der Waals surface area contributed by atoms with Gasteiger partial charge in [0.25, 0.3) is 0 Å². The van der Waals surface area contributed by atoms with E-state index in [0.29, 0.717) is 6.54 Å². The highest BCUT2D eigenvalue weighted by atomic mass is 35.5. The molecule has 0 saturated carbocycles. The highest BCUT2D eigenvalue weighted by Crippen LogP contribution is 2.26. The molecule has 2 saturated heterocycles. The van der Waals surface area contributed by atoms with Gasteiger partial charge in [-0.2, -0.15) is 0 Å². The zero-order valence-corrected chi connectivity index (χ0v) is 11.5. The van der Waals surface area contributed by atoms with Crippen LogP contribution < -0.4 is 10.6 Å². The fraction of sp³-hybridized carbons (Fsp3) is 0.500. The third kappa shape index (κ3) is 2.69. The molecule has 2 aliphatic heterocycles. The van der Waals surface area contributed by atoms with E-state index in [9.17, 15) is 4.79 Å². The molecule has 0 unspecified atom stereocenters. The fourth-order valence-electron chi connectivity index (χ4n) is 2.91. The van der Waals surface area contributed by atoms with E-state index in [1.807, 2.05) is 29.2 Å². The first kappa shape index (κ1) is 12.8. The number of carbonyl (C=O) groups is 1. The number of benzene rings is 1. The Morgan fingerprint density at radius 3 is 2.58 bits per heavy atom. The van der Waals surface area contributed by atoms with Gasteiger partial charge in [-0.05, 0) is 43.6 Å². The molecule has 0 aliphatic carbocycles. The molecule has 1 aromatic carbocycles. The van der Waals surface area contributed by atoms with Crippen LogP contribution >= 0.6 is 11.6 Å². The van der Waals surface area contributed by atoms with Gasteiger partial charge in [0.2, 0.25) is 0 Å². The number of nitrogens with zero attached hydrogens (tertiary/aromatic N) is 1. The molecular weight excluding hydrogens is 262 g/mol. The van der Waals surface area contributed by atoms with E-state index in [1.165, 1.54) is 0 Å². The third-order valence-corrected chi connectivity index (χ3v) is 4.25. The minimum atomic E-state index is -0.0191. The van der Waals surface area contributed by atoms with E-state index in [0.717, 1.165) is 43.1 Å². The number of rotatable bonds is 2. The molecule has 2 fully saturated rings. The van der Waals surface area contributed by atoms with Crippen molar-refractivity contribution in [1.82, 2.24) is 15.5 Å². The first-order valence-corrected chi connectivity index (χ1v) is 7.07. The topological polar surface area (TPSA) is 44.4 Å². The predicted octanol–water partition coefficient (Wildman–Crippen LogP) is 1.99. The van der Waals surface area contributed by atoms with Crippen LogP contribution in [0.2, 0.25) is 5.02 Å². The average molecular weight is 280 g/mol. The second kappa shape index (κ2) is 5.02. The summed E-state index contributed by atoms with van der Waals surface area (Å²) in [7, 11) is 0. The largest absolute Gasteiger partial charge is 0.331 e. The number of nitrogens with one attached hydrogen (secondary N) is 2. The smallest absolute Gasteiger partial charge is 0.318 e. The Balaban J connectivity index is 1.68. The van der Waals surface area contributed by atoms with Crippen LogP contribution in [-0.4, -0.2) is 36.1 Å². The van der Waals surface area contributed by atoms with Crippen molar-refractivity contribution in [3.8, 4) is 0 Å². The van der Waals surface area contributed by atoms with Crippen LogP contribution in [0.5, 0.6) is 0 Å². The number of piperidine rings is 1. The molecule has 2 heterocycles. The first-order valence-electron chi connectivity index (χ1n) is 6.69. The lowest BCUT2D eigenvalue weighted by Gasteiger charge is -2.33. The molecule has 2 aliphatic rings. The standard InChI is InChI=1S/C14H18ClN3O/c15-12-3-1-11(2-4-12)9-18-10-14(17-13(18)19)5-7-16-8-6-14/h1-4,16H,5-10H2,(H,17,19). The van der Waals surface area contributed by atoms with Gasteiger partial charge in [0.1, 0.15) is 0 Å². The Morgan fingerprint density at radius 2 is 1.89 bits per heavy atom. The second-order valence-electron chi connectivity index (χ2n) is 5.44. The van der Waals surface area contributed by atoms with E-state index in [2.05, 4.69) is 10.6 Å². The Labute approximate surface area is 118 Å². The highest BCUT2D eigenvalue weighted by Gasteiger charge is 2.42. The zero-order valence-electron chi connectivity index (χ0n) is 10.8. The molecule has 0 radical (unpaired) electrons. The van der Waals surface area contributed by atoms with E-state index in [-0.39, 0.29) is 11.6 Å². The van der Waals surface area contributed by atoms with Crippen molar-refractivity contribution in [3.05, 3.63) is 34.9 Å². The molecule has 102 valence electrons. The normalized spacial score (nSPS) is 21.7. The summed E-state index contributed by atoms with van der Waals surface area (Å²) in [5.41, 5.74) is 1.10. The van der Waals surface area contributed by atoms with Gasteiger partial charge in [0.05, 0.1) is 5.54 Å². The molecule has 19 heavy (non-hydrogen) atoms. The van der Waals surface area contributed by atoms with Crippen molar-refractivity contribution in [2.45, 2.75) is 24.9 Å². The fourth-order valence-corrected chi connectivity index (χ4v) is 3.03. The first-order chi connectivity index (χ1) is 9.17. The molecule has 1 aromatic rings. The molecule has 2 amide bonds. The lowest BCUT2D eigenvalue weighted by atomic mass is 9.89. The molecule has 3 rings (SSSR count). The minimum Gasteiger partial charge on any atom is -0.331 e.